The zero-order valence-electron chi connectivity index (χ0n) is 6.11. The second-order valence-corrected chi connectivity index (χ2v) is 2.91. The maximum atomic E-state index is 12.8. The first-order valence-corrected chi connectivity index (χ1v) is 4.68. The molecule has 1 aromatic rings. The van der Waals surface area contributed by atoms with Crippen LogP contribution >= 0.6 is 0 Å². The molecule has 0 saturated heterocycles. The van der Waals surface area contributed by atoms with Crippen molar-refractivity contribution in [2.24, 2.45) is 0 Å². The van der Waals surface area contributed by atoms with Crippen LogP contribution in [0, 0.1) is 17.5 Å². The van der Waals surface area contributed by atoms with Crippen molar-refractivity contribution in [2.45, 2.75) is 0 Å². The molecule has 13 heavy (non-hydrogen) atoms. The molecule has 0 aliphatic carbocycles. The molecule has 0 saturated carbocycles. The van der Waals surface area contributed by atoms with E-state index < -0.39 is 29.0 Å². The number of benzene rings is 1. The Hall–Kier alpha value is -0.637. The first kappa shape index (κ1) is 10.4. The van der Waals surface area contributed by atoms with Crippen LogP contribution in [0.15, 0.2) is 12.1 Å². The summed E-state index contributed by atoms with van der Waals surface area (Å²) < 4.78 is 42.0. The Labute approximate surface area is 87.2 Å². The fourth-order valence-electron chi connectivity index (χ4n) is 0.739. The summed E-state index contributed by atoms with van der Waals surface area (Å²) in [5, 5.41) is 0. The number of halogens is 3. The number of carbonyl (C=O) groups excluding carboxylic acids is 1. The van der Waals surface area contributed by atoms with Gasteiger partial charge in [-0.15, -0.1) is 0 Å². The molecular weight excluding hydrogens is 382 g/mol. The van der Waals surface area contributed by atoms with E-state index in [1.54, 1.807) is 0 Å². The normalized spacial score (nSPS) is 9.85. The van der Waals surface area contributed by atoms with Crippen LogP contribution in [0.3, 0.4) is 0 Å². The predicted molar refractivity (Wildman–Crippen MR) is 38.9 cm³/mol. The molecule has 2 nitrogen and oxygen atoms in total. The molecule has 0 aliphatic rings. The summed E-state index contributed by atoms with van der Waals surface area (Å²) in [4.78, 5) is 10.8. The molecule has 1 radical (unpaired) electrons. The Bertz CT molecular complexity index is 354. The van der Waals surface area contributed by atoms with Gasteiger partial charge in [-0.05, 0) is 0 Å². The van der Waals surface area contributed by atoms with Crippen LogP contribution in [0.4, 0.5) is 13.2 Å². The molecule has 0 spiro atoms. The van der Waals surface area contributed by atoms with Gasteiger partial charge in [0.05, 0.1) is 0 Å². The molecule has 0 amide bonds. The Morgan fingerprint density at radius 1 is 1.23 bits per heavy atom. The molecule has 1 aromatic carbocycles. The van der Waals surface area contributed by atoms with Crippen molar-refractivity contribution in [2.75, 3.05) is 0 Å². The van der Waals surface area contributed by atoms with Crippen molar-refractivity contribution in [3.63, 3.8) is 0 Å². The Morgan fingerprint density at radius 3 is 2.38 bits per heavy atom. The van der Waals surface area contributed by atoms with Gasteiger partial charge in [0.2, 0.25) is 0 Å². The number of hydrogen-bond acceptors (Lipinski definition) is 2. The molecule has 6 heteroatoms. The van der Waals surface area contributed by atoms with Gasteiger partial charge in [-0.1, -0.05) is 0 Å². The van der Waals surface area contributed by atoms with Crippen LogP contribution in [-0.4, -0.2) is 31.1 Å². The van der Waals surface area contributed by atoms with E-state index in [0.29, 0.717) is 6.07 Å². The van der Waals surface area contributed by atoms with Crippen LogP contribution in [0.25, 0.3) is 0 Å². The van der Waals surface area contributed by atoms with E-state index in [-0.39, 0.29) is 25.2 Å². The van der Waals surface area contributed by atoms with Gasteiger partial charge in [-0.3, -0.25) is 0 Å². The van der Waals surface area contributed by atoms with Gasteiger partial charge in [0.25, 0.3) is 0 Å². The van der Waals surface area contributed by atoms with Crippen molar-refractivity contribution >= 4 is 31.1 Å². The molecule has 0 heterocycles. The van der Waals surface area contributed by atoms with E-state index in [9.17, 15) is 18.0 Å². The minimum absolute atomic E-state index is 0.0692. The molecule has 0 fully saturated rings. The van der Waals surface area contributed by atoms with Gasteiger partial charge < -0.3 is 0 Å². The summed E-state index contributed by atoms with van der Waals surface area (Å²) in [5.74, 6) is -5.49. The van der Waals surface area contributed by atoms with Crippen LogP contribution in [0.2, 0.25) is 0 Å². The van der Waals surface area contributed by atoms with Crippen molar-refractivity contribution in [3.05, 3.63) is 35.1 Å². The third-order valence-corrected chi connectivity index (χ3v) is 2.07. The quantitative estimate of drug-likeness (QED) is 0.535. The first-order valence-electron chi connectivity index (χ1n) is 3.09. The van der Waals surface area contributed by atoms with E-state index in [1.807, 2.05) is 0 Å². The number of hydrogen-bond donors (Lipinski definition) is 0. The Morgan fingerprint density at radius 2 is 1.85 bits per heavy atom. The van der Waals surface area contributed by atoms with Crippen molar-refractivity contribution < 1.29 is 20.8 Å². The molecular formula is C7H3BiF3O2. The van der Waals surface area contributed by atoms with Gasteiger partial charge in [0, 0.05) is 0 Å². The van der Waals surface area contributed by atoms with E-state index in [2.05, 4.69) is 2.81 Å². The zero-order chi connectivity index (χ0) is 10.0. The van der Waals surface area contributed by atoms with E-state index in [4.69, 9.17) is 0 Å². The van der Waals surface area contributed by atoms with E-state index in [0.717, 1.165) is 6.07 Å². The second-order valence-electron chi connectivity index (χ2n) is 2.11. The van der Waals surface area contributed by atoms with Gasteiger partial charge in [-0.2, -0.15) is 0 Å². The van der Waals surface area contributed by atoms with Gasteiger partial charge in [-0.25, -0.2) is 0 Å². The fraction of sp³-hybridized carbons (Fsp3) is 0. The molecule has 0 bridgehead atoms. The predicted octanol–water partition coefficient (Wildman–Crippen LogP) is 1.08. The average molecular weight is 385 g/mol. The van der Waals surface area contributed by atoms with Crippen molar-refractivity contribution in [1.29, 1.82) is 0 Å². The van der Waals surface area contributed by atoms with Crippen LogP contribution in [-0.2, 0) is 2.81 Å². The van der Waals surface area contributed by atoms with Gasteiger partial charge >= 0.3 is 87.1 Å². The summed E-state index contributed by atoms with van der Waals surface area (Å²) in [6, 6.07) is 1.51. The zero-order valence-corrected chi connectivity index (χ0v) is 9.99. The Kier molecular flexibility index (Phi) is 3.25. The molecule has 0 unspecified atom stereocenters. The van der Waals surface area contributed by atoms with Crippen LogP contribution in [0.5, 0.6) is 0 Å². The average Bonchev–Trinajstić information content (AvgIpc) is 2.13. The van der Waals surface area contributed by atoms with E-state index in [1.165, 1.54) is 0 Å². The number of carbonyl (C=O) groups is 1. The number of rotatable bonds is 1. The Balaban J connectivity index is 3.26. The molecule has 0 N–H and O–H groups in total. The fourth-order valence-corrected chi connectivity index (χ4v) is 1.17. The molecule has 0 aliphatic heterocycles. The second kappa shape index (κ2) is 4.05. The standard InChI is InChI=1S/C7H3F3O2.Bi.H/c8-4-2-1-3(7(11)12)5(9)6(4)10;;/h1-2H,(H,11,12);;/q;+1;/p-1. The summed E-state index contributed by atoms with van der Waals surface area (Å²) in [5.41, 5.74) is -0.589. The third kappa shape index (κ3) is 1.99. The first-order chi connectivity index (χ1) is 6.07. The summed E-state index contributed by atoms with van der Waals surface area (Å²) in [6.07, 6.45) is 0. The summed E-state index contributed by atoms with van der Waals surface area (Å²) >= 11 is 0.0692. The van der Waals surface area contributed by atoms with E-state index >= 15 is 0 Å². The molecule has 0 aromatic heterocycles. The SMILES string of the molecule is O=C([O][BiH])c1ccc(F)c(F)c1F. The summed E-state index contributed by atoms with van der Waals surface area (Å²) in [6.45, 7) is 0. The molecule has 0 atom stereocenters. The van der Waals surface area contributed by atoms with Crippen molar-refractivity contribution in [1.82, 2.24) is 0 Å². The van der Waals surface area contributed by atoms with Crippen molar-refractivity contribution in [3.8, 4) is 0 Å². The topological polar surface area (TPSA) is 26.3 Å². The summed E-state index contributed by atoms with van der Waals surface area (Å²) in [7, 11) is 0. The molecule has 1 rings (SSSR count). The monoisotopic (exact) mass is 385 g/mol. The molecule has 69 valence electrons. The van der Waals surface area contributed by atoms with Gasteiger partial charge in [0.15, 0.2) is 0 Å². The van der Waals surface area contributed by atoms with Gasteiger partial charge in [0.1, 0.15) is 0 Å². The maximum absolute atomic E-state index is 12.8. The van der Waals surface area contributed by atoms with Crippen LogP contribution in [0.1, 0.15) is 10.4 Å². The van der Waals surface area contributed by atoms with Crippen LogP contribution < -0.4 is 0 Å². The third-order valence-electron chi connectivity index (χ3n) is 1.35. The minimum atomic E-state index is -1.66.